The van der Waals surface area contributed by atoms with Crippen LogP contribution in [-0.4, -0.2) is 0 Å². The van der Waals surface area contributed by atoms with Crippen LogP contribution in [0.5, 0.6) is 0 Å². The van der Waals surface area contributed by atoms with Crippen molar-refractivity contribution in [3.8, 4) is 0 Å². The predicted molar refractivity (Wildman–Crippen MR) is 202 cm³/mol. The summed E-state index contributed by atoms with van der Waals surface area (Å²) in [6.07, 6.45) is 17.5. The summed E-state index contributed by atoms with van der Waals surface area (Å²) >= 11 is 0. The fourth-order valence-electron chi connectivity index (χ4n) is 7.81. The molecule has 0 bridgehead atoms. The van der Waals surface area contributed by atoms with Crippen LogP contribution in [0, 0.1) is 5.41 Å². The second-order valence-electron chi connectivity index (χ2n) is 14.7. The molecule has 0 fully saturated rings. The Morgan fingerprint density at radius 2 is 1.39 bits per heavy atom. The maximum absolute atomic E-state index is 3.90. The Bertz CT molecular complexity index is 1760. The van der Waals surface area contributed by atoms with Gasteiger partial charge in [-0.3, -0.25) is 0 Å². The van der Waals surface area contributed by atoms with Gasteiger partial charge in [0.15, 0.2) is 0 Å². The van der Waals surface area contributed by atoms with Gasteiger partial charge in [0.2, 0.25) is 0 Å². The Morgan fingerprint density at radius 1 is 0.804 bits per heavy atom. The summed E-state index contributed by atoms with van der Waals surface area (Å²) in [7, 11) is 0. The zero-order valence-electron chi connectivity index (χ0n) is 29.6. The number of fused-ring (bicyclic) bond motifs is 3. The first-order chi connectivity index (χ1) is 21.9. The van der Waals surface area contributed by atoms with Gasteiger partial charge in [0.1, 0.15) is 0 Å². The van der Waals surface area contributed by atoms with E-state index in [0.29, 0.717) is 0 Å². The monoisotopic (exact) mass is 604 g/mol. The van der Waals surface area contributed by atoms with E-state index in [1.54, 1.807) is 0 Å². The molecule has 0 saturated heterocycles. The topological polar surface area (TPSA) is 0 Å². The maximum Gasteiger partial charge on any atom is 0.0713 e. The minimum atomic E-state index is -0.466. The maximum atomic E-state index is 3.90. The lowest BCUT2D eigenvalue weighted by Crippen LogP contribution is -2.33. The van der Waals surface area contributed by atoms with Gasteiger partial charge in [0, 0.05) is 5.41 Å². The van der Waals surface area contributed by atoms with E-state index in [1.807, 2.05) is 12.2 Å². The molecule has 0 aromatic heterocycles. The molecule has 0 atom stereocenters. The first-order valence-corrected chi connectivity index (χ1v) is 16.9. The van der Waals surface area contributed by atoms with E-state index in [2.05, 4.69) is 172 Å². The van der Waals surface area contributed by atoms with Crippen molar-refractivity contribution in [1.82, 2.24) is 0 Å². The first kappa shape index (κ1) is 33.2. The third kappa shape index (κ3) is 5.57. The van der Waals surface area contributed by atoms with E-state index in [-0.39, 0.29) is 10.8 Å². The minimum absolute atomic E-state index is 0.174. The molecule has 0 radical (unpaired) electrons. The van der Waals surface area contributed by atoms with Gasteiger partial charge in [-0.1, -0.05) is 168 Å². The normalized spacial score (nSPS) is 19.3. The summed E-state index contributed by atoms with van der Waals surface area (Å²) in [6.45, 7) is 24.7. The van der Waals surface area contributed by atoms with Crippen molar-refractivity contribution in [1.29, 1.82) is 0 Å². The van der Waals surface area contributed by atoms with E-state index in [1.165, 1.54) is 66.8 Å². The summed E-state index contributed by atoms with van der Waals surface area (Å²) in [5.41, 5.74) is 16.1. The average molecular weight is 605 g/mol. The van der Waals surface area contributed by atoms with Gasteiger partial charge in [-0.05, 0) is 102 Å². The zero-order valence-corrected chi connectivity index (χ0v) is 29.6. The van der Waals surface area contributed by atoms with Crippen molar-refractivity contribution in [2.75, 3.05) is 0 Å². The number of hydrogen-bond acceptors (Lipinski definition) is 0. The molecule has 236 valence electrons. The Labute approximate surface area is 279 Å². The van der Waals surface area contributed by atoms with Gasteiger partial charge in [0.05, 0.1) is 5.41 Å². The Morgan fingerprint density at radius 3 is 1.91 bits per heavy atom. The highest BCUT2D eigenvalue weighted by molar-refractivity contribution is 5.97. The van der Waals surface area contributed by atoms with Crippen LogP contribution >= 0.6 is 0 Å². The summed E-state index contributed by atoms with van der Waals surface area (Å²) in [6, 6.07) is 27.4. The van der Waals surface area contributed by atoms with Crippen molar-refractivity contribution in [3.05, 3.63) is 178 Å². The fraction of sp³-hybridized carbons (Fsp3) is 0.304. The highest BCUT2D eigenvalue weighted by atomic mass is 14.5. The average Bonchev–Trinajstić information content (AvgIpc) is 3.43. The van der Waals surface area contributed by atoms with Crippen LogP contribution in [0.4, 0.5) is 0 Å². The lowest BCUT2D eigenvalue weighted by molar-refractivity contribution is 0.418. The molecular formula is C46H52. The molecule has 46 heavy (non-hydrogen) atoms. The van der Waals surface area contributed by atoms with E-state index < -0.39 is 5.41 Å². The van der Waals surface area contributed by atoms with Crippen molar-refractivity contribution in [2.24, 2.45) is 5.41 Å². The van der Waals surface area contributed by atoms with Crippen molar-refractivity contribution in [2.45, 2.75) is 86.0 Å². The summed E-state index contributed by atoms with van der Waals surface area (Å²) in [5, 5.41) is 0. The second-order valence-corrected chi connectivity index (χ2v) is 14.7. The van der Waals surface area contributed by atoms with Gasteiger partial charge < -0.3 is 0 Å². The second kappa shape index (κ2) is 12.9. The number of hydrogen-bond donors (Lipinski definition) is 0. The molecule has 0 unspecified atom stereocenters. The Balaban J connectivity index is 1.97. The van der Waals surface area contributed by atoms with Crippen LogP contribution in [0.1, 0.15) is 109 Å². The highest BCUT2D eigenvalue weighted by Gasteiger charge is 2.52. The number of rotatable bonds is 8. The lowest BCUT2D eigenvalue weighted by atomic mass is 9.63. The summed E-state index contributed by atoms with van der Waals surface area (Å²) in [4.78, 5) is 0. The third-order valence-corrected chi connectivity index (χ3v) is 10.1. The molecule has 0 aliphatic heterocycles. The molecule has 5 rings (SSSR count). The van der Waals surface area contributed by atoms with E-state index >= 15 is 0 Å². The predicted octanol–water partition coefficient (Wildman–Crippen LogP) is 12.9. The van der Waals surface area contributed by atoms with Crippen LogP contribution in [0.2, 0.25) is 0 Å². The molecule has 0 spiro atoms. The molecule has 0 nitrogen and oxygen atoms in total. The molecule has 0 saturated carbocycles. The van der Waals surface area contributed by atoms with Gasteiger partial charge in [-0.25, -0.2) is 0 Å². The summed E-state index contributed by atoms with van der Waals surface area (Å²) in [5.74, 6) is 0. The fourth-order valence-corrected chi connectivity index (χ4v) is 7.81. The first-order valence-electron chi connectivity index (χ1n) is 16.9. The van der Waals surface area contributed by atoms with Crippen molar-refractivity contribution < 1.29 is 0 Å². The van der Waals surface area contributed by atoms with Crippen molar-refractivity contribution in [3.63, 3.8) is 0 Å². The van der Waals surface area contributed by atoms with Gasteiger partial charge >= 0.3 is 0 Å². The molecule has 0 heteroatoms. The van der Waals surface area contributed by atoms with Crippen LogP contribution in [0.15, 0.2) is 144 Å². The third-order valence-electron chi connectivity index (χ3n) is 10.1. The largest absolute Gasteiger partial charge is 0.0991 e. The zero-order chi connectivity index (χ0) is 33.3. The summed E-state index contributed by atoms with van der Waals surface area (Å²) < 4.78 is 0. The van der Waals surface area contributed by atoms with Crippen LogP contribution in [0.25, 0.3) is 11.1 Å². The molecule has 3 aromatic rings. The molecule has 2 aliphatic rings. The Kier molecular flexibility index (Phi) is 9.33. The lowest BCUT2D eigenvalue weighted by Gasteiger charge is -2.38. The van der Waals surface area contributed by atoms with Crippen LogP contribution < -0.4 is 0 Å². The van der Waals surface area contributed by atoms with E-state index in [0.717, 1.165) is 12.8 Å². The SMILES string of the molecule is C=C/C=C\C(C)=C(/C)CC1=C(/C=C\C)C(c2ccccc2)(c2ccccc2)c2c1ccc1c2C(C)(C)C(=C/CC(C)(C)C)/C1=C\C. The quantitative estimate of drug-likeness (QED) is 0.224. The molecular weight excluding hydrogens is 553 g/mol. The van der Waals surface area contributed by atoms with E-state index in [9.17, 15) is 0 Å². The smallest absolute Gasteiger partial charge is 0.0713 e. The number of allylic oxidation sites excluding steroid dienone is 13. The standard InChI is InChI=1S/C46H52/c1-11-14-22-32(4)33(5)31-39-38-28-27-37-36(13-3)40(29-30-44(6,7)8)45(9,10)42(37)43(38)46(41(39)21-12-2,34-23-17-15-18-24-34)35-25-19-16-20-26-35/h11-29H,1,30-31H2,2-10H3/b21-12-,22-14-,33-32+,36-13-,40-29+. The van der Waals surface area contributed by atoms with Gasteiger partial charge in [-0.15, -0.1) is 0 Å². The van der Waals surface area contributed by atoms with E-state index in [4.69, 9.17) is 0 Å². The van der Waals surface area contributed by atoms with Gasteiger partial charge in [0.25, 0.3) is 0 Å². The molecule has 0 N–H and O–H groups in total. The Hall–Kier alpha value is -4.16. The molecule has 3 aromatic carbocycles. The molecule has 0 amide bonds. The van der Waals surface area contributed by atoms with Gasteiger partial charge in [-0.2, -0.15) is 0 Å². The van der Waals surface area contributed by atoms with Crippen LogP contribution in [0.3, 0.4) is 0 Å². The minimum Gasteiger partial charge on any atom is -0.0991 e. The number of benzene rings is 3. The highest BCUT2D eigenvalue weighted by Crippen LogP contribution is 2.63. The van der Waals surface area contributed by atoms with Crippen molar-refractivity contribution >= 4 is 11.1 Å². The molecule has 0 heterocycles. The van der Waals surface area contributed by atoms with Crippen LogP contribution in [-0.2, 0) is 10.8 Å². The molecule has 2 aliphatic carbocycles.